The SMILES string of the molecule is N#C/C(=C\c1ccc(Oc2ccc(C(F)(F)F)cc2[N+](=O)[O-])c(Cl)c1)c1nc2ccccc2o1. The predicted octanol–water partition coefficient (Wildman–Crippen LogP) is 7.26. The van der Waals surface area contributed by atoms with Crippen LogP contribution in [0.3, 0.4) is 0 Å². The van der Waals surface area contributed by atoms with Crippen molar-refractivity contribution in [1.82, 2.24) is 4.98 Å². The zero-order valence-corrected chi connectivity index (χ0v) is 17.6. The van der Waals surface area contributed by atoms with Gasteiger partial charge in [0.2, 0.25) is 11.6 Å². The number of halogens is 4. The van der Waals surface area contributed by atoms with Gasteiger partial charge < -0.3 is 9.15 Å². The smallest absolute Gasteiger partial charge is 0.416 e. The Morgan fingerprint density at radius 1 is 1.15 bits per heavy atom. The first-order valence-corrected chi connectivity index (χ1v) is 9.84. The summed E-state index contributed by atoms with van der Waals surface area (Å²) in [6.07, 6.45) is -3.27. The lowest BCUT2D eigenvalue weighted by Crippen LogP contribution is -2.06. The summed E-state index contributed by atoms with van der Waals surface area (Å²) in [6.45, 7) is 0. The molecule has 1 aromatic heterocycles. The Kier molecular flexibility index (Phi) is 5.96. The van der Waals surface area contributed by atoms with Crippen molar-refractivity contribution in [2.45, 2.75) is 6.18 Å². The molecular weight excluding hydrogens is 475 g/mol. The van der Waals surface area contributed by atoms with Crippen LogP contribution >= 0.6 is 11.6 Å². The number of benzene rings is 3. The Bertz CT molecular complexity index is 1460. The molecule has 7 nitrogen and oxygen atoms in total. The summed E-state index contributed by atoms with van der Waals surface area (Å²) in [5.41, 5.74) is -0.353. The number of alkyl halides is 3. The van der Waals surface area contributed by atoms with E-state index in [0.29, 0.717) is 28.8 Å². The van der Waals surface area contributed by atoms with E-state index in [1.807, 2.05) is 6.07 Å². The first kappa shape index (κ1) is 22.8. The van der Waals surface area contributed by atoms with Gasteiger partial charge in [-0.05, 0) is 48.0 Å². The van der Waals surface area contributed by atoms with E-state index in [0.717, 1.165) is 6.07 Å². The van der Waals surface area contributed by atoms with Crippen molar-refractivity contribution in [3.8, 4) is 17.6 Å². The van der Waals surface area contributed by atoms with Crippen LogP contribution in [0.25, 0.3) is 22.7 Å². The van der Waals surface area contributed by atoms with Gasteiger partial charge in [-0.2, -0.15) is 18.4 Å². The largest absolute Gasteiger partial charge is 0.449 e. The third kappa shape index (κ3) is 4.69. The molecule has 0 saturated heterocycles. The van der Waals surface area contributed by atoms with Crippen LogP contribution in [0.4, 0.5) is 18.9 Å². The highest BCUT2D eigenvalue weighted by atomic mass is 35.5. The highest BCUT2D eigenvalue weighted by Crippen LogP contribution is 2.39. The predicted molar refractivity (Wildman–Crippen MR) is 117 cm³/mol. The molecule has 0 aliphatic rings. The number of aromatic nitrogens is 1. The molecule has 0 atom stereocenters. The molecule has 1 heterocycles. The van der Waals surface area contributed by atoms with Crippen LogP contribution in [0.2, 0.25) is 5.02 Å². The minimum absolute atomic E-state index is 0.0119. The molecule has 0 amide bonds. The number of oxazole rings is 1. The number of hydrogen-bond donors (Lipinski definition) is 0. The Morgan fingerprint density at radius 2 is 1.88 bits per heavy atom. The summed E-state index contributed by atoms with van der Waals surface area (Å²) in [7, 11) is 0. The lowest BCUT2D eigenvalue weighted by atomic mass is 10.1. The first-order valence-electron chi connectivity index (χ1n) is 9.46. The average molecular weight is 486 g/mol. The van der Waals surface area contributed by atoms with Gasteiger partial charge in [0.15, 0.2) is 5.58 Å². The quantitative estimate of drug-likeness (QED) is 0.167. The van der Waals surface area contributed by atoms with Crippen LogP contribution in [-0.4, -0.2) is 9.91 Å². The van der Waals surface area contributed by atoms with Gasteiger partial charge in [0.05, 0.1) is 15.5 Å². The third-order valence-corrected chi connectivity index (χ3v) is 4.91. The first-order chi connectivity index (χ1) is 16.2. The number of nitro groups is 1. The number of allylic oxidation sites excluding steroid dienone is 1. The molecule has 0 aliphatic carbocycles. The van der Waals surface area contributed by atoms with Crippen molar-refractivity contribution in [3.05, 3.63) is 92.8 Å². The minimum atomic E-state index is -4.75. The molecule has 4 aromatic rings. The van der Waals surface area contributed by atoms with Crippen LogP contribution in [0.5, 0.6) is 11.5 Å². The van der Waals surface area contributed by atoms with Crippen molar-refractivity contribution in [3.63, 3.8) is 0 Å². The second-order valence-corrected chi connectivity index (χ2v) is 7.29. The summed E-state index contributed by atoms with van der Waals surface area (Å²) in [5.74, 6) is -0.324. The maximum atomic E-state index is 12.9. The number of para-hydroxylation sites is 2. The van der Waals surface area contributed by atoms with Crippen molar-refractivity contribution in [2.24, 2.45) is 0 Å². The van der Waals surface area contributed by atoms with E-state index in [-0.39, 0.29) is 22.2 Å². The average Bonchev–Trinajstić information content (AvgIpc) is 3.22. The summed E-state index contributed by atoms with van der Waals surface area (Å²) in [4.78, 5) is 14.5. The second kappa shape index (κ2) is 8.88. The Morgan fingerprint density at radius 3 is 2.53 bits per heavy atom. The summed E-state index contributed by atoms with van der Waals surface area (Å²) in [5, 5.41) is 20.8. The molecule has 11 heteroatoms. The zero-order chi connectivity index (χ0) is 24.5. The maximum absolute atomic E-state index is 12.9. The number of ether oxygens (including phenoxy) is 1. The number of nitro benzene ring substituents is 1. The molecule has 0 fully saturated rings. The highest BCUT2D eigenvalue weighted by molar-refractivity contribution is 6.32. The normalized spacial score (nSPS) is 11.9. The van der Waals surface area contributed by atoms with Crippen molar-refractivity contribution < 1.29 is 27.2 Å². The molecule has 0 N–H and O–H groups in total. The molecule has 0 saturated carbocycles. The fourth-order valence-electron chi connectivity index (χ4n) is 3.03. The van der Waals surface area contributed by atoms with Crippen LogP contribution in [0.1, 0.15) is 17.0 Å². The number of hydrogen-bond acceptors (Lipinski definition) is 6. The topological polar surface area (TPSA) is 102 Å². The van der Waals surface area contributed by atoms with Gasteiger partial charge in [-0.25, -0.2) is 4.98 Å². The van der Waals surface area contributed by atoms with E-state index in [4.69, 9.17) is 20.8 Å². The lowest BCUT2D eigenvalue weighted by molar-refractivity contribution is -0.385. The molecule has 3 aromatic carbocycles. The zero-order valence-electron chi connectivity index (χ0n) is 16.8. The second-order valence-electron chi connectivity index (χ2n) is 6.89. The van der Waals surface area contributed by atoms with Crippen LogP contribution in [0.15, 0.2) is 65.1 Å². The summed E-state index contributed by atoms with van der Waals surface area (Å²) >= 11 is 6.23. The highest BCUT2D eigenvalue weighted by Gasteiger charge is 2.33. The van der Waals surface area contributed by atoms with Gasteiger partial charge in [-0.15, -0.1) is 0 Å². The van der Waals surface area contributed by atoms with E-state index in [1.54, 1.807) is 24.3 Å². The molecule has 0 spiro atoms. The molecule has 0 radical (unpaired) electrons. The minimum Gasteiger partial charge on any atom is -0.449 e. The van der Waals surface area contributed by atoms with E-state index in [2.05, 4.69) is 4.98 Å². The van der Waals surface area contributed by atoms with Crippen molar-refractivity contribution in [2.75, 3.05) is 0 Å². The van der Waals surface area contributed by atoms with E-state index in [1.165, 1.54) is 24.3 Å². The molecule has 0 bridgehead atoms. The van der Waals surface area contributed by atoms with Gasteiger partial charge in [-0.1, -0.05) is 29.8 Å². The Hall–Kier alpha value is -4.36. The van der Waals surface area contributed by atoms with Crippen LogP contribution in [-0.2, 0) is 6.18 Å². The third-order valence-electron chi connectivity index (χ3n) is 4.61. The molecule has 4 rings (SSSR count). The Labute approximate surface area is 194 Å². The van der Waals surface area contributed by atoms with Gasteiger partial charge in [0.25, 0.3) is 0 Å². The van der Waals surface area contributed by atoms with Crippen LogP contribution < -0.4 is 4.74 Å². The number of nitrogens with zero attached hydrogens (tertiary/aromatic N) is 3. The molecule has 170 valence electrons. The van der Waals surface area contributed by atoms with Gasteiger partial charge in [0, 0.05) is 6.07 Å². The summed E-state index contributed by atoms with van der Waals surface area (Å²) in [6, 6.07) is 15.2. The molecule has 0 aliphatic heterocycles. The number of rotatable bonds is 5. The van der Waals surface area contributed by atoms with Gasteiger partial charge in [-0.3, -0.25) is 10.1 Å². The Balaban J connectivity index is 1.64. The lowest BCUT2D eigenvalue weighted by Gasteiger charge is -2.11. The number of fused-ring (bicyclic) bond motifs is 1. The molecule has 34 heavy (non-hydrogen) atoms. The molecule has 0 unspecified atom stereocenters. The van der Waals surface area contributed by atoms with E-state index < -0.39 is 28.1 Å². The van der Waals surface area contributed by atoms with E-state index >= 15 is 0 Å². The fourth-order valence-corrected chi connectivity index (χ4v) is 3.25. The fraction of sp³-hybridized carbons (Fsp3) is 0.0435. The van der Waals surface area contributed by atoms with Gasteiger partial charge in [0.1, 0.15) is 22.9 Å². The number of nitriles is 1. The monoisotopic (exact) mass is 485 g/mol. The molecular formula is C23H11ClF3N3O4. The van der Waals surface area contributed by atoms with Crippen molar-refractivity contribution in [1.29, 1.82) is 5.26 Å². The van der Waals surface area contributed by atoms with Gasteiger partial charge >= 0.3 is 11.9 Å². The maximum Gasteiger partial charge on any atom is 0.416 e. The van der Waals surface area contributed by atoms with E-state index in [9.17, 15) is 28.5 Å². The van der Waals surface area contributed by atoms with Crippen molar-refractivity contribution >= 4 is 40.0 Å². The summed E-state index contributed by atoms with van der Waals surface area (Å²) < 4.78 is 49.7. The van der Waals surface area contributed by atoms with Crippen LogP contribution in [0, 0.1) is 21.4 Å². The standard InChI is InChI=1S/C23H11ClF3N3O4/c24-16-10-13(9-14(12-28)22-29-17-3-1-2-4-20(17)34-22)5-7-19(16)33-21-8-6-15(23(25,26)27)11-18(21)30(31)32/h1-11H/b14-9+.